The predicted molar refractivity (Wildman–Crippen MR) is 61.3 cm³/mol. The third-order valence-corrected chi connectivity index (χ3v) is 3.45. The Morgan fingerprint density at radius 1 is 1.21 bits per heavy atom. The monoisotopic (exact) mass is 229 g/mol. The zero-order valence-corrected chi connectivity index (χ0v) is 9.41. The maximum Gasteiger partial charge on any atom is 0.0595 e. The standard InChI is InChI=1S/C11H13Cl2N/c12-10-4-3-8(6-11(10)13)9-2-1-5-14-7-9/h3-4,6,9,14H,1-2,5,7H2. The molecule has 1 aromatic carbocycles. The Morgan fingerprint density at radius 2 is 2.07 bits per heavy atom. The molecule has 0 saturated carbocycles. The lowest BCUT2D eigenvalue weighted by Crippen LogP contribution is -2.28. The lowest BCUT2D eigenvalue weighted by molar-refractivity contribution is 0.461. The van der Waals surface area contributed by atoms with Gasteiger partial charge in [0.2, 0.25) is 0 Å². The summed E-state index contributed by atoms with van der Waals surface area (Å²) in [5.74, 6) is 0.596. The van der Waals surface area contributed by atoms with Gasteiger partial charge in [0.25, 0.3) is 0 Å². The molecule has 0 radical (unpaired) electrons. The van der Waals surface area contributed by atoms with Gasteiger partial charge < -0.3 is 5.32 Å². The van der Waals surface area contributed by atoms with Crippen LogP contribution in [0.1, 0.15) is 24.3 Å². The van der Waals surface area contributed by atoms with E-state index in [1.165, 1.54) is 18.4 Å². The van der Waals surface area contributed by atoms with E-state index >= 15 is 0 Å². The Balaban J connectivity index is 2.18. The Labute approximate surface area is 94.4 Å². The average molecular weight is 230 g/mol. The molecule has 1 N–H and O–H groups in total. The van der Waals surface area contributed by atoms with Gasteiger partial charge in [0.15, 0.2) is 0 Å². The van der Waals surface area contributed by atoms with Gasteiger partial charge in [-0.15, -0.1) is 0 Å². The molecule has 1 saturated heterocycles. The van der Waals surface area contributed by atoms with Gasteiger partial charge in [0.05, 0.1) is 10.0 Å². The highest BCUT2D eigenvalue weighted by molar-refractivity contribution is 6.42. The quantitative estimate of drug-likeness (QED) is 0.778. The highest BCUT2D eigenvalue weighted by Gasteiger charge is 2.15. The zero-order valence-electron chi connectivity index (χ0n) is 7.89. The Hall–Kier alpha value is -0.240. The van der Waals surface area contributed by atoms with Crippen molar-refractivity contribution in [2.24, 2.45) is 0 Å². The fourth-order valence-corrected chi connectivity index (χ4v) is 2.21. The molecule has 1 heterocycles. The van der Waals surface area contributed by atoms with Gasteiger partial charge in [-0.25, -0.2) is 0 Å². The molecule has 1 aliphatic rings. The maximum atomic E-state index is 5.98. The Bertz CT molecular complexity index is 319. The average Bonchev–Trinajstić information content (AvgIpc) is 2.23. The van der Waals surface area contributed by atoms with E-state index in [2.05, 4.69) is 11.4 Å². The number of halogens is 2. The molecule has 1 aromatic rings. The molecule has 3 heteroatoms. The maximum absolute atomic E-state index is 5.98. The van der Waals surface area contributed by atoms with E-state index in [1.54, 1.807) is 0 Å². The number of benzene rings is 1. The van der Waals surface area contributed by atoms with E-state index in [0.717, 1.165) is 13.1 Å². The minimum absolute atomic E-state index is 0.596. The lowest BCUT2D eigenvalue weighted by Gasteiger charge is -2.23. The van der Waals surface area contributed by atoms with Crippen LogP contribution in [0.3, 0.4) is 0 Å². The zero-order chi connectivity index (χ0) is 9.97. The summed E-state index contributed by atoms with van der Waals surface area (Å²) in [6.45, 7) is 2.19. The first-order valence-electron chi connectivity index (χ1n) is 4.93. The first-order valence-corrected chi connectivity index (χ1v) is 5.68. The van der Waals surface area contributed by atoms with E-state index in [-0.39, 0.29) is 0 Å². The van der Waals surface area contributed by atoms with Gasteiger partial charge in [-0.05, 0) is 43.0 Å². The number of hydrogen-bond donors (Lipinski definition) is 1. The van der Waals surface area contributed by atoms with Gasteiger partial charge in [-0.2, -0.15) is 0 Å². The van der Waals surface area contributed by atoms with E-state index < -0.39 is 0 Å². The summed E-state index contributed by atoms with van der Waals surface area (Å²) in [6.07, 6.45) is 2.48. The Morgan fingerprint density at radius 3 is 2.71 bits per heavy atom. The van der Waals surface area contributed by atoms with E-state index in [1.807, 2.05) is 12.1 Å². The Kier molecular flexibility index (Phi) is 3.32. The van der Waals surface area contributed by atoms with Gasteiger partial charge in [-0.1, -0.05) is 29.3 Å². The third-order valence-electron chi connectivity index (χ3n) is 2.71. The van der Waals surface area contributed by atoms with Crippen LogP contribution in [0.15, 0.2) is 18.2 Å². The summed E-state index contributed by atoms with van der Waals surface area (Å²) in [4.78, 5) is 0. The van der Waals surface area contributed by atoms with Crippen LogP contribution in [-0.2, 0) is 0 Å². The van der Waals surface area contributed by atoms with Crippen molar-refractivity contribution in [2.45, 2.75) is 18.8 Å². The van der Waals surface area contributed by atoms with Crippen LogP contribution in [0.25, 0.3) is 0 Å². The molecule has 2 rings (SSSR count). The largest absolute Gasteiger partial charge is 0.316 e. The van der Waals surface area contributed by atoms with Crippen molar-refractivity contribution in [3.8, 4) is 0 Å². The molecule has 0 amide bonds. The molecule has 0 aliphatic carbocycles. The van der Waals surface area contributed by atoms with Crippen molar-refractivity contribution < 1.29 is 0 Å². The highest BCUT2D eigenvalue weighted by Crippen LogP contribution is 2.29. The van der Waals surface area contributed by atoms with Crippen molar-refractivity contribution in [2.75, 3.05) is 13.1 Å². The highest BCUT2D eigenvalue weighted by atomic mass is 35.5. The molecular formula is C11H13Cl2N. The van der Waals surface area contributed by atoms with Crippen molar-refractivity contribution in [1.82, 2.24) is 5.32 Å². The first-order chi connectivity index (χ1) is 6.77. The molecule has 1 fully saturated rings. The van der Waals surface area contributed by atoms with Gasteiger partial charge >= 0.3 is 0 Å². The van der Waals surface area contributed by atoms with Crippen LogP contribution in [0, 0.1) is 0 Å². The van der Waals surface area contributed by atoms with Crippen LogP contribution < -0.4 is 5.32 Å². The second kappa shape index (κ2) is 4.52. The molecule has 1 atom stereocenters. The molecule has 14 heavy (non-hydrogen) atoms. The minimum Gasteiger partial charge on any atom is -0.316 e. The third kappa shape index (κ3) is 2.22. The van der Waals surface area contributed by atoms with Gasteiger partial charge in [-0.3, -0.25) is 0 Å². The molecule has 1 nitrogen and oxygen atoms in total. The van der Waals surface area contributed by atoms with Crippen LogP contribution in [-0.4, -0.2) is 13.1 Å². The van der Waals surface area contributed by atoms with Crippen LogP contribution >= 0.6 is 23.2 Å². The molecule has 0 bridgehead atoms. The number of rotatable bonds is 1. The second-order valence-corrected chi connectivity index (χ2v) is 4.53. The SMILES string of the molecule is Clc1ccc(C2CCCNC2)cc1Cl. The summed E-state index contributed by atoms with van der Waals surface area (Å²) >= 11 is 11.9. The number of nitrogens with one attached hydrogen (secondary N) is 1. The topological polar surface area (TPSA) is 12.0 Å². The van der Waals surface area contributed by atoms with Crippen molar-refractivity contribution in [3.63, 3.8) is 0 Å². The van der Waals surface area contributed by atoms with Crippen molar-refractivity contribution >= 4 is 23.2 Å². The number of piperidine rings is 1. The fourth-order valence-electron chi connectivity index (χ4n) is 1.90. The van der Waals surface area contributed by atoms with Crippen LogP contribution in [0.2, 0.25) is 10.0 Å². The summed E-state index contributed by atoms with van der Waals surface area (Å²) in [7, 11) is 0. The molecule has 1 aliphatic heterocycles. The summed E-state index contributed by atoms with van der Waals surface area (Å²) in [5.41, 5.74) is 1.30. The van der Waals surface area contributed by atoms with Gasteiger partial charge in [0, 0.05) is 6.54 Å². The lowest BCUT2D eigenvalue weighted by atomic mass is 9.92. The molecular weight excluding hydrogens is 217 g/mol. The first kappa shape index (κ1) is 10.3. The molecule has 0 aromatic heterocycles. The molecule has 76 valence electrons. The normalized spacial score (nSPS) is 22.3. The smallest absolute Gasteiger partial charge is 0.0595 e. The predicted octanol–water partition coefficient (Wildman–Crippen LogP) is 3.46. The summed E-state index contributed by atoms with van der Waals surface area (Å²) in [6, 6.07) is 5.95. The summed E-state index contributed by atoms with van der Waals surface area (Å²) in [5, 5.41) is 4.69. The van der Waals surface area contributed by atoms with Crippen LogP contribution in [0.5, 0.6) is 0 Å². The van der Waals surface area contributed by atoms with E-state index in [4.69, 9.17) is 23.2 Å². The van der Waals surface area contributed by atoms with Crippen molar-refractivity contribution in [3.05, 3.63) is 33.8 Å². The number of hydrogen-bond acceptors (Lipinski definition) is 1. The van der Waals surface area contributed by atoms with E-state index in [0.29, 0.717) is 16.0 Å². The second-order valence-electron chi connectivity index (χ2n) is 3.72. The molecule has 1 unspecified atom stereocenters. The fraction of sp³-hybridized carbons (Fsp3) is 0.455. The van der Waals surface area contributed by atoms with Crippen LogP contribution in [0.4, 0.5) is 0 Å². The van der Waals surface area contributed by atoms with Gasteiger partial charge in [0.1, 0.15) is 0 Å². The summed E-state index contributed by atoms with van der Waals surface area (Å²) < 4.78 is 0. The van der Waals surface area contributed by atoms with E-state index in [9.17, 15) is 0 Å². The minimum atomic E-state index is 0.596. The molecule has 0 spiro atoms. The van der Waals surface area contributed by atoms with Crippen molar-refractivity contribution in [1.29, 1.82) is 0 Å².